The first-order valence-corrected chi connectivity index (χ1v) is 6.68. The third kappa shape index (κ3) is 3.70. The number of rotatable bonds is 7. The van der Waals surface area contributed by atoms with Gasteiger partial charge >= 0.3 is 0 Å². The topological polar surface area (TPSA) is 28.2 Å². The number of nitrogens with one attached hydrogen (secondary N) is 1. The molecule has 0 unspecified atom stereocenters. The van der Waals surface area contributed by atoms with E-state index in [9.17, 15) is 0 Å². The first-order valence-electron chi connectivity index (χ1n) is 6.68. The predicted molar refractivity (Wildman–Crippen MR) is 72.3 cm³/mol. The van der Waals surface area contributed by atoms with Crippen molar-refractivity contribution in [3.63, 3.8) is 0 Å². The van der Waals surface area contributed by atoms with Crippen molar-refractivity contribution in [2.24, 2.45) is 0 Å². The monoisotopic (exact) mass is 233 g/mol. The maximum atomic E-state index is 4.24. The molecule has 0 bridgehead atoms. The Labute approximate surface area is 104 Å². The Morgan fingerprint density at radius 2 is 2.29 bits per heavy atom. The molecule has 0 amide bonds. The van der Waals surface area contributed by atoms with Crippen LogP contribution >= 0.6 is 0 Å². The Bertz CT molecular complexity index is 347. The molecular formula is C14H23N3. The molecule has 0 saturated heterocycles. The van der Waals surface area contributed by atoms with E-state index in [1.165, 1.54) is 36.9 Å². The molecule has 0 aromatic carbocycles. The van der Waals surface area contributed by atoms with Gasteiger partial charge in [0.25, 0.3) is 0 Å². The van der Waals surface area contributed by atoms with Gasteiger partial charge < -0.3 is 10.2 Å². The van der Waals surface area contributed by atoms with E-state index in [4.69, 9.17) is 0 Å². The van der Waals surface area contributed by atoms with E-state index in [0.717, 1.165) is 19.1 Å². The average Bonchev–Trinajstić information content (AvgIpc) is 3.18. The lowest BCUT2D eigenvalue weighted by Crippen LogP contribution is -2.22. The lowest BCUT2D eigenvalue weighted by Gasteiger charge is -2.22. The molecular weight excluding hydrogens is 210 g/mol. The molecule has 0 atom stereocenters. The normalized spacial score (nSPS) is 14.9. The van der Waals surface area contributed by atoms with Crippen LogP contribution in [-0.4, -0.2) is 24.6 Å². The standard InChI is InChI=1S/C14H23N3/c1-3-4-9-17(2)14-7-8-15-10-12(14)11-16-13-5-6-13/h7-8,10,13,16H,3-6,9,11H2,1-2H3. The highest BCUT2D eigenvalue weighted by Crippen LogP contribution is 2.22. The highest BCUT2D eigenvalue weighted by Gasteiger charge is 2.20. The second-order valence-corrected chi connectivity index (χ2v) is 4.93. The van der Waals surface area contributed by atoms with Crippen LogP contribution in [0.2, 0.25) is 0 Å². The molecule has 0 radical (unpaired) electrons. The Morgan fingerprint density at radius 1 is 1.47 bits per heavy atom. The lowest BCUT2D eigenvalue weighted by atomic mass is 10.2. The summed E-state index contributed by atoms with van der Waals surface area (Å²) in [5.41, 5.74) is 2.64. The number of hydrogen-bond acceptors (Lipinski definition) is 3. The van der Waals surface area contributed by atoms with Crippen molar-refractivity contribution in [1.82, 2.24) is 10.3 Å². The van der Waals surface area contributed by atoms with Crippen molar-refractivity contribution >= 4 is 5.69 Å². The SMILES string of the molecule is CCCCN(C)c1ccncc1CNC1CC1. The van der Waals surface area contributed by atoms with Crippen molar-refractivity contribution < 1.29 is 0 Å². The van der Waals surface area contributed by atoms with Gasteiger partial charge in [-0.25, -0.2) is 0 Å². The first kappa shape index (κ1) is 12.4. The summed E-state index contributed by atoms with van der Waals surface area (Å²) >= 11 is 0. The van der Waals surface area contributed by atoms with Gasteiger partial charge in [0.05, 0.1) is 0 Å². The highest BCUT2D eigenvalue weighted by molar-refractivity contribution is 5.51. The summed E-state index contributed by atoms with van der Waals surface area (Å²) in [6, 6.07) is 2.88. The molecule has 1 N–H and O–H groups in total. The van der Waals surface area contributed by atoms with Crippen molar-refractivity contribution in [2.75, 3.05) is 18.5 Å². The van der Waals surface area contributed by atoms with Crippen LogP contribution in [0.5, 0.6) is 0 Å². The summed E-state index contributed by atoms with van der Waals surface area (Å²) in [6.45, 7) is 4.30. The van der Waals surface area contributed by atoms with E-state index < -0.39 is 0 Å². The number of anilines is 1. The summed E-state index contributed by atoms with van der Waals surface area (Å²) < 4.78 is 0. The zero-order valence-corrected chi connectivity index (χ0v) is 10.9. The minimum absolute atomic E-state index is 0.754. The van der Waals surface area contributed by atoms with Gasteiger partial charge in [-0.3, -0.25) is 4.98 Å². The molecule has 1 aliphatic carbocycles. The molecule has 94 valence electrons. The van der Waals surface area contributed by atoms with Crippen molar-refractivity contribution in [2.45, 2.75) is 45.2 Å². The minimum atomic E-state index is 0.754. The van der Waals surface area contributed by atoms with E-state index in [1.807, 2.05) is 12.4 Å². The van der Waals surface area contributed by atoms with Gasteiger partial charge in [-0.05, 0) is 25.3 Å². The molecule has 0 aliphatic heterocycles. The average molecular weight is 233 g/mol. The van der Waals surface area contributed by atoms with E-state index in [2.05, 4.69) is 35.2 Å². The Morgan fingerprint density at radius 3 is 3.00 bits per heavy atom. The summed E-state index contributed by atoms with van der Waals surface area (Å²) in [6.07, 6.45) is 9.04. The summed E-state index contributed by atoms with van der Waals surface area (Å²) in [5, 5.41) is 3.56. The van der Waals surface area contributed by atoms with Crippen LogP contribution in [0.3, 0.4) is 0 Å². The zero-order valence-electron chi connectivity index (χ0n) is 10.9. The first-order chi connectivity index (χ1) is 8.31. The fraction of sp³-hybridized carbons (Fsp3) is 0.643. The molecule has 3 heteroatoms. The van der Waals surface area contributed by atoms with Crippen LogP contribution in [0.25, 0.3) is 0 Å². The Balaban J connectivity index is 1.97. The third-order valence-electron chi connectivity index (χ3n) is 3.29. The number of pyridine rings is 1. The molecule has 0 spiro atoms. The van der Waals surface area contributed by atoms with Crippen LogP contribution in [0, 0.1) is 0 Å². The van der Waals surface area contributed by atoms with E-state index in [0.29, 0.717) is 0 Å². The van der Waals surface area contributed by atoms with Gasteiger partial charge in [0.2, 0.25) is 0 Å². The highest BCUT2D eigenvalue weighted by atomic mass is 15.1. The molecule has 1 aromatic heterocycles. The fourth-order valence-corrected chi connectivity index (χ4v) is 1.99. The van der Waals surface area contributed by atoms with Gasteiger partial charge in [-0.2, -0.15) is 0 Å². The zero-order chi connectivity index (χ0) is 12.1. The molecule has 2 rings (SSSR count). The van der Waals surface area contributed by atoms with E-state index in [1.54, 1.807) is 0 Å². The molecule has 1 saturated carbocycles. The minimum Gasteiger partial charge on any atom is -0.374 e. The number of hydrogen-bond donors (Lipinski definition) is 1. The molecule has 3 nitrogen and oxygen atoms in total. The number of aromatic nitrogens is 1. The smallest absolute Gasteiger partial charge is 0.0440 e. The van der Waals surface area contributed by atoms with Crippen LogP contribution < -0.4 is 10.2 Å². The predicted octanol–water partition coefficient (Wildman–Crippen LogP) is 2.57. The van der Waals surface area contributed by atoms with Gasteiger partial charge in [-0.15, -0.1) is 0 Å². The molecule has 1 aromatic rings. The second-order valence-electron chi connectivity index (χ2n) is 4.93. The van der Waals surface area contributed by atoms with Crippen molar-refractivity contribution in [3.8, 4) is 0 Å². The molecule has 1 fully saturated rings. The fourth-order valence-electron chi connectivity index (χ4n) is 1.99. The van der Waals surface area contributed by atoms with Crippen molar-refractivity contribution in [1.29, 1.82) is 0 Å². The number of unbranched alkanes of at least 4 members (excludes halogenated alkanes) is 1. The van der Waals surface area contributed by atoms with Gasteiger partial charge in [0, 0.05) is 49.8 Å². The van der Waals surface area contributed by atoms with Crippen LogP contribution in [0.15, 0.2) is 18.5 Å². The Hall–Kier alpha value is -1.09. The van der Waals surface area contributed by atoms with Crippen LogP contribution in [0.1, 0.15) is 38.2 Å². The van der Waals surface area contributed by atoms with Crippen LogP contribution in [-0.2, 0) is 6.54 Å². The summed E-state index contributed by atoms with van der Waals surface area (Å²) in [5.74, 6) is 0. The van der Waals surface area contributed by atoms with E-state index >= 15 is 0 Å². The summed E-state index contributed by atoms with van der Waals surface area (Å²) in [4.78, 5) is 6.58. The maximum Gasteiger partial charge on any atom is 0.0440 e. The summed E-state index contributed by atoms with van der Waals surface area (Å²) in [7, 11) is 2.17. The van der Waals surface area contributed by atoms with E-state index in [-0.39, 0.29) is 0 Å². The third-order valence-corrected chi connectivity index (χ3v) is 3.29. The van der Waals surface area contributed by atoms with Crippen molar-refractivity contribution in [3.05, 3.63) is 24.0 Å². The molecule has 1 aliphatic rings. The Kier molecular flexibility index (Phi) is 4.37. The second kappa shape index (κ2) is 6.01. The molecule has 17 heavy (non-hydrogen) atoms. The van der Waals surface area contributed by atoms with Gasteiger partial charge in [0.1, 0.15) is 0 Å². The molecule has 1 heterocycles. The largest absolute Gasteiger partial charge is 0.374 e. The quantitative estimate of drug-likeness (QED) is 0.784. The van der Waals surface area contributed by atoms with Gasteiger partial charge in [0.15, 0.2) is 0 Å². The number of nitrogens with zero attached hydrogens (tertiary/aromatic N) is 2. The maximum absolute atomic E-state index is 4.24. The lowest BCUT2D eigenvalue weighted by molar-refractivity contribution is 0.681. The van der Waals surface area contributed by atoms with Crippen LogP contribution in [0.4, 0.5) is 5.69 Å². The van der Waals surface area contributed by atoms with Gasteiger partial charge in [-0.1, -0.05) is 13.3 Å².